The summed E-state index contributed by atoms with van der Waals surface area (Å²) in [6.45, 7) is 6.85. The molecule has 0 saturated carbocycles. The van der Waals surface area contributed by atoms with Crippen LogP contribution in [0.15, 0.2) is 42.5 Å². The average molecular weight is 314 g/mol. The molecule has 2 aliphatic carbocycles. The normalized spacial score (nSPS) is 14.7. The number of benzene rings is 2. The van der Waals surface area contributed by atoms with Crippen LogP contribution in [0.1, 0.15) is 60.6 Å². The van der Waals surface area contributed by atoms with Gasteiger partial charge in [-0.25, -0.2) is 0 Å². The van der Waals surface area contributed by atoms with E-state index in [9.17, 15) is 0 Å². The Labute approximate surface area is 145 Å². The maximum absolute atomic E-state index is 2.48. The maximum atomic E-state index is 2.48. The van der Waals surface area contributed by atoms with Crippen molar-refractivity contribution in [3.05, 3.63) is 75.9 Å². The fraction of sp³-hybridized carbons (Fsp3) is 0.333. The quantitative estimate of drug-likeness (QED) is 0.531. The summed E-state index contributed by atoms with van der Waals surface area (Å²) in [6.07, 6.45) is 12.4. The van der Waals surface area contributed by atoms with Crippen molar-refractivity contribution < 1.29 is 0 Å². The van der Waals surface area contributed by atoms with Gasteiger partial charge in [-0.2, -0.15) is 0 Å². The van der Waals surface area contributed by atoms with Gasteiger partial charge in [-0.3, -0.25) is 0 Å². The molecule has 122 valence electrons. The van der Waals surface area contributed by atoms with Crippen LogP contribution in [0, 0.1) is 0 Å². The van der Waals surface area contributed by atoms with Gasteiger partial charge in [0, 0.05) is 0 Å². The highest BCUT2D eigenvalue weighted by Crippen LogP contribution is 2.44. The molecule has 0 radical (unpaired) electrons. The summed E-state index contributed by atoms with van der Waals surface area (Å²) >= 11 is 0. The number of rotatable bonds is 4. The van der Waals surface area contributed by atoms with Crippen molar-refractivity contribution in [3.8, 4) is 11.1 Å². The molecule has 0 atom stereocenters. The Morgan fingerprint density at radius 1 is 0.917 bits per heavy atom. The lowest BCUT2D eigenvalue weighted by Crippen LogP contribution is -2.03. The fourth-order valence-corrected chi connectivity index (χ4v) is 4.46. The molecule has 0 fully saturated rings. The molecule has 0 saturated heterocycles. The summed E-state index contributed by atoms with van der Waals surface area (Å²) in [7, 11) is 0. The predicted octanol–water partition coefficient (Wildman–Crippen LogP) is 6.29. The molecule has 0 heterocycles. The van der Waals surface area contributed by atoms with Crippen molar-refractivity contribution in [2.24, 2.45) is 0 Å². The lowest BCUT2D eigenvalue weighted by Gasteiger charge is -2.19. The second-order valence-corrected chi connectivity index (χ2v) is 6.97. The molecule has 0 nitrogen and oxygen atoms in total. The van der Waals surface area contributed by atoms with Gasteiger partial charge in [0.25, 0.3) is 0 Å². The molecule has 2 aromatic rings. The second kappa shape index (κ2) is 6.09. The summed E-state index contributed by atoms with van der Waals surface area (Å²) < 4.78 is 0. The van der Waals surface area contributed by atoms with Gasteiger partial charge in [0.05, 0.1) is 0 Å². The van der Waals surface area contributed by atoms with E-state index < -0.39 is 0 Å². The summed E-state index contributed by atoms with van der Waals surface area (Å²) in [4.78, 5) is 0. The van der Waals surface area contributed by atoms with Crippen LogP contribution in [0.25, 0.3) is 16.7 Å². The van der Waals surface area contributed by atoms with Crippen molar-refractivity contribution in [1.29, 1.82) is 0 Å². The van der Waals surface area contributed by atoms with E-state index in [0.717, 1.165) is 32.1 Å². The first-order chi connectivity index (χ1) is 11.8. The zero-order chi connectivity index (χ0) is 16.7. The molecule has 0 aliphatic heterocycles. The summed E-state index contributed by atoms with van der Waals surface area (Å²) in [6, 6.07) is 9.58. The zero-order valence-electron chi connectivity index (χ0n) is 15.1. The molecule has 0 bridgehead atoms. The third kappa shape index (κ3) is 2.28. The van der Waals surface area contributed by atoms with Gasteiger partial charge < -0.3 is 0 Å². The van der Waals surface area contributed by atoms with Crippen molar-refractivity contribution >= 4 is 5.57 Å². The predicted molar refractivity (Wildman–Crippen MR) is 105 cm³/mol. The van der Waals surface area contributed by atoms with Crippen LogP contribution in [0.2, 0.25) is 0 Å². The van der Waals surface area contributed by atoms with E-state index in [1.807, 2.05) is 0 Å². The van der Waals surface area contributed by atoms with Crippen LogP contribution in [0.5, 0.6) is 0 Å². The summed E-state index contributed by atoms with van der Waals surface area (Å²) in [5.41, 5.74) is 13.7. The van der Waals surface area contributed by atoms with E-state index in [1.54, 1.807) is 16.7 Å². The highest BCUT2D eigenvalue weighted by Gasteiger charge is 2.26. The Bertz CT molecular complexity index is 862. The lowest BCUT2D eigenvalue weighted by atomic mass is 9.85. The van der Waals surface area contributed by atoms with Gasteiger partial charge in [0.1, 0.15) is 0 Å². The van der Waals surface area contributed by atoms with Gasteiger partial charge >= 0.3 is 0 Å². The minimum absolute atomic E-state index is 1.09. The molecule has 0 amide bonds. The first kappa shape index (κ1) is 15.4. The Hall–Kier alpha value is -2.08. The van der Waals surface area contributed by atoms with Crippen LogP contribution in [0.3, 0.4) is 0 Å². The molecule has 2 aliphatic rings. The van der Waals surface area contributed by atoms with Gasteiger partial charge in [0.15, 0.2) is 0 Å². The smallest absolute Gasteiger partial charge is 0.000719 e. The van der Waals surface area contributed by atoms with Crippen LogP contribution in [-0.2, 0) is 25.7 Å². The van der Waals surface area contributed by atoms with E-state index in [-0.39, 0.29) is 0 Å². The Balaban J connectivity index is 1.96. The SMILES string of the molecule is CCc1ccc2c(c1)Cc1c-2cc(CC)c(CC)c1C1=CC=CC1. The highest BCUT2D eigenvalue weighted by atomic mass is 14.3. The van der Waals surface area contributed by atoms with Gasteiger partial charge in [0.2, 0.25) is 0 Å². The van der Waals surface area contributed by atoms with Crippen molar-refractivity contribution in [2.75, 3.05) is 0 Å². The van der Waals surface area contributed by atoms with Gasteiger partial charge in [-0.1, -0.05) is 63.3 Å². The minimum atomic E-state index is 1.09. The fourth-order valence-electron chi connectivity index (χ4n) is 4.46. The lowest BCUT2D eigenvalue weighted by molar-refractivity contribution is 1.02. The van der Waals surface area contributed by atoms with E-state index in [1.165, 1.54) is 33.4 Å². The van der Waals surface area contributed by atoms with Crippen LogP contribution in [0.4, 0.5) is 0 Å². The Morgan fingerprint density at radius 3 is 2.46 bits per heavy atom. The molecular weight excluding hydrogens is 288 g/mol. The number of hydrogen-bond donors (Lipinski definition) is 0. The number of fused-ring (bicyclic) bond motifs is 3. The van der Waals surface area contributed by atoms with E-state index in [2.05, 4.69) is 63.3 Å². The molecule has 0 heteroatoms. The summed E-state index contributed by atoms with van der Waals surface area (Å²) in [5, 5.41) is 0. The Kier molecular flexibility index (Phi) is 3.92. The van der Waals surface area contributed by atoms with Crippen LogP contribution < -0.4 is 0 Å². The van der Waals surface area contributed by atoms with Gasteiger partial charge in [-0.05, 0) is 82.2 Å². The molecule has 2 aromatic carbocycles. The Morgan fingerprint density at radius 2 is 1.79 bits per heavy atom. The van der Waals surface area contributed by atoms with E-state index in [4.69, 9.17) is 0 Å². The molecule has 24 heavy (non-hydrogen) atoms. The number of allylic oxidation sites excluding steroid dienone is 4. The first-order valence-electron chi connectivity index (χ1n) is 9.42. The standard InChI is InChI=1S/C24H26/c1-4-16-11-12-21-19(13-16)15-23-22(21)14-17(5-2)20(6-3)24(23)18-9-7-8-10-18/h7-9,11-14H,4-6,10,15H2,1-3H3. The monoisotopic (exact) mass is 314 g/mol. The largest absolute Gasteiger partial charge is 0.0801 e. The third-order valence-corrected chi connectivity index (χ3v) is 5.70. The van der Waals surface area contributed by atoms with Crippen LogP contribution in [-0.4, -0.2) is 0 Å². The minimum Gasteiger partial charge on any atom is -0.0801 e. The molecule has 0 N–H and O–H groups in total. The second-order valence-electron chi connectivity index (χ2n) is 6.97. The molecule has 0 spiro atoms. The van der Waals surface area contributed by atoms with E-state index >= 15 is 0 Å². The third-order valence-electron chi connectivity index (χ3n) is 5.70. The first-order valence-corrected chi connectivity index (χ1v) is 9.42. The van der Waals surface area contributed by atoms with E-state index in [0.29, 0.717) is 0 Å². The molecular formula is C24H26. The highest BCUT2D eigenvalue weighted by molar-refractivity contribution is 5.87. The number of hydrogen-bond acceptors (Lipinski definition) is 0. The van der Waals surface area contributed by atoms with Crippen molar-refractivity contribution in [1.82, 2.24) is 0 Å². The van der Waals surface area contributed by atoms with Crippen molar-refractivity contribution in [3.63, 3.8) is 0 Å². The zero-order valence-corrected chi connectivity index (χ0v) is 15.1. The number of aryl methyl sites for hydroxylation is 2. The molecule has 4 rings (SSSR count). The molecule has 0 unspecified atom stereocenters. The van der Waals surface area contributed by atoms with Crippen molar-refractivity contribution in [2.45, 2.75) is 52.9 Å². The topological polar surface area (TPSA) is 0 Å². The maximum Gasteiger partial charge on any atom is -0.000719 e. The van der Waals surface area contributed by atoms with Crippen LogP contribution >= 0.6 is 0 Å². The van der Waals surface area contributed by atoms with Gasteiger partial charge in [-0.15, -0.1) is 0 Å². The molecule has 0 aromatic heterocycles. The average Bonchev–Trinajstić information content (AvgIpc) is 3.26. The summed E-state index contributed by atoms with van der Waals surface area (Å²) in [5.74, 6) is 0.